The number of fused-ring (bicyclic) bond motifs is 1. The van der Waals surface area contributed by atoms with Gasteiger partial charge in [0.2, 0.25) is 0 Å². The third-order valence-electron chi connectivity index (χ3n) is 4.30. The number of hydrogen-bond acceptors (Lipinski definition) is 4. The number of benzene rings is 3. The lowest BCUT2D eigenvalue weighted by molar-refractivity contribution is 0.0696. The topological polar surface area (TPSA) is 107 Å². The number of hydrogen-bond donors (Lipinski definition) is 4. The van der Waals surface area contributed by atoms with E-state index in [1.165, 1.54) is 12.1 Å². The van der Waals surface area contributed by atoms with Crippen LogP contribution in [-0.4, -0.2) is 33.8 Å². The summed E-state index contributed by atoms with van der Waals surface area (Å²) in [6.07, 6.45) is 1.17. The molecule has 0 aliphatic carbocycles. The summed E-state index contributed by atoms with van der Waals surface area (Å²) in [6.45, 7) is 0.0523. The molecule has 0 spiro atoms. The highest BCUT2D eigenvalue weighted by Gasteiger charge is 2.14. The molecule has 0 radical (unpaired) electrons. The maximum absolute atomic E-state index is 12.7. The van der Waals surface area contributed by atoms with Crippen LogP contribution < -0.4 is 5.32 Å². The van der Waals surface area contributed by atoms with Crippen molar-refractivity contribution in [3.8, 4) is 5.75 Å². The number of nitrogens with one attached hydrogen (secondary N) is 1. The molecule has 1 amide bonds. The summed E-state index contributed by atoms with van der Waals surface area (Å²) in [7, 11) is 0. The van der Waals surface area contributed by atoms with E-state index in [9.17, 15) is 14.7 Å². The predicted molar refractivity (Wildman–Crippen MR) is 102 cm³/mol. The number of aryl methyl sites for hydroxylation is 1. The van der Waals surface area contributed by atoms with Crippen molar-refractivity contribution >= 4 is 28.3 Å². The average molecular weight is 365 g/mol. The summed E-state index contributed by atoms with van der Waals surface area (Å²) in [5.74, 6) is -1.61. The van der Waals surface area contributed by atoms with Crippen molar-refractivity contribution in [3.05, 3.63) is 71.3 Å². The number of carbonyl (C=O) groups excluding carboxylic acids is 1. The van der Waals surface area contributed by atoms with Crippen LogP contribution in [0.25, 0.3) is 10.8 Å². The molecule has 3 rings (SSSR count). The Labute approximate surface area is 155 Å². The van der Waals surface area contributed by atoms with Gasteiger partial charge in [0, 0.05) is 17.7 Å². The van der Waals surface area contributed by atoms with E-state index < -0.39 is 11.9 Å². The molecule has 4 N–H and O–H groups in total. The van der Waals surface area contributed by atoms with Crippen LogP contribution >= 0.6 is 0 Å². The number of carboxylic acids is 1. The zero-order valence-corrected chi connectivity index (χ0v) is 14.5. The number of aromatic hydroxyl groups is 1. The number of aliphatic hydroxyl groups is 1. The largest absolute Gasteiger partial charge is 0.507 e. The van der Waals surface area contributed by atoms with Crippen LogP contribution in [-0.2, 0) is 6.42 Å². The van der Waals surface area contributed by atoms with Crippen molar-refractivity contribution in [2.75, 3.05) is 11.9 Å². The molecule has 0 aromatic heterocycles. The fourth-order valence-electron chi connectivity index (χ4n) is 2.92. The smallest absolute Gasteiger partial charge is 0.335 e. The monoisotopic (exact) mass is 365 g/mol. The normalized spacial score (nSPS) is 10.7. The Hall–Kier alpha value is -3.38. The molecule has 0 unspecified atom stereocenters. The maximum atomic E-state index is 12.7. The number of phenols is 1. The van der Waals surface area contributed by atoms with E-state index in [1.807, 2.05) is 0 Å². The Morgan fingerprint density at radius 3 is 2.56 bits per heavy atom. The summed E-state index contributed by atoms with van der Waals surface area (Å²) in [5, 5.41) is 32.3. The van der Waals surface area contributed by atoms with E-state index in [2.05, 4.69) is 5.32 Å². The number of rotatable bonds is 6. The lowest BCUT2D eigenvalue weighted by Gasteiger charge is -2.11. The molecule has 3 aromatic rings. The highest BCUT2D eigenvalue weighted by Crippen LogP contribution is 2.27. The van der Waals surface area contributed by atoms with Crippen molar-refractivity contribution in [1.29, 1.82) is 0 Å². The van der Waals surface area contributed by atoms with E-state index in [-0.39, 0.29) is 23.5 Å². The third kappa shape index (κ3) is 4.07. The lowest BCUT2D eigenvalue weighted by Crippen LogP contribution is -2.13. The minimum absolute atomic E-state index is 0.0523. The fourth-order valence-corrected chi connectivity index (χ4v) is 2.92. The second kappa shape index (κ2) is 7.88. The Morgan fingerprint density at radius 1 is 1.00 bits per heavy atom. The third-order valence-corrected chi connectivity index (χ3v) is 4.30. The van der Waals surface area contributed by atoms with Crippen LogP contribution in [0.1, 0.15) is 32.7 Å². The van der Waals surface area contributed by atoms with Gasteiger partial charge in [0.1, 0.15) is 5.75 Å². The van der Waals surface area contributed by atoms with Crippen LogP contribution in [0.4, 0.5) is 5.69 Å². The van der Waals surface area contributed by atoms with Crippen LogP contribution in [0.15, 0.2) is 54.6 Å². The summed E-state index contributed by atoms with van der Waals surface area (Å²) >= 11 is 0. The number of carboxylic acid groups (broad SMARTS) is 1. The van der Waals surface area contributed by atoms with E-state index in [0.717, 1.165) is 5.56 Å². The minimum Gasteiger partial charge on any atom is -0.507 e. The summed E-state index contributed by atoms with van der Waals surface area (Å²) in [4.78, 5) is 23.8. The number of aromatic carboxylic acids is 1. The summed E-state index contributed by atoms with van der Waals surface area (Å²) in [6, 6.07) is 14.7. The molecule has 0 saturated carbocycles. The van der Waals surface area contributed by atoms with Gasteiger partial charge in [-0.25, -0.2) is 4.79 Å². The molecule has 0 saturated heterocycles. The average Bonchev–Trinajstić information content (AvgIpc) is 2.67. The molecule has 6 heteroatoms. The number of aliphatic hydroxyl groups excluding tert-OH is 1. The molecule has 0 aliphatic rings. The summed E-state index contributed by atoms with van der Waals surface area (Å²) in [5.41, 5.74) is 1.68. The van der Waals surface area contributed by atoms with E-state index in [0.29, 0.717) is 29.3 Å². The maximum Gasteiger partial charge on any atom is 0.335 e. The predicted octanol–water partition coefficient (Wildman–Crippen LogP) is 3.42. The number of anilines is 1. The lowest BCUT2D eigenvalue weighted by atomic mass is 10.0. The molecule has 138 valence electrons. The first kappa shape index (κ1) is 18.4. The highest BCUT2D eigenvalue weighted by atomic mass is 16.4. The van der Waals surface area contributed by atoms with E-state index in [1.54, 1.807) is 42.5 Å². The quantitative estimate of drug-likeness (QED) is 0.535. The SMILES string of the molecule is O=C(O)c1ccc2c(NC(=O)c3cc(CCCO)ccc3O)cccc2c1. The van der Waals surface area contributed by atoms with Gasteiger partial charge in [-0.1, -0.05) is 24.3 Å². The van der Waals surface area contributed by atoms with E-state index in [4.69, 9.17) is 10.2 Å². The zero-order chi connectivity index (χ0) is 19.4. The van der Waals surface area contributed by atoms with Crippen molar-refractivity contribution in [2.24, 2.45) is 0 Å². The van der Waals surface area contributed by atoms with E-state index >= 15 is 0 Å². The van der Waals surface area contributed by atoms with Gasteiger partial charge in [-0.3, -0.25) is 4.79 Å². The Morgan fingerprint density at radius 2 is 1.81 bits per heavy atom. The van der Waals surface area contributed by atoms with Gasteiger partial charge in [-0.2, -0.15) is 0 Å². The molecule has 0 bridgehead atoms. The van der Waals surface area contributed by atoms with Gasteiger partial charge >= 0.3 is 5.97 Å². The van der Waals surface area contributed by atoms with Crippen LogP contribution in [0.2, 0.25) is 0 Å². The first-order valence-corrected chi connectivity index (χ1v) is 8.50. The number of phenolic OH excluding ortho intramolecular Hbond substituents is 1. The zero-order valence-electron chi connectivity index (χ0n) is 14.5. The Bertz CT molecular complexity index is 1010. The molecular formula is C21H19NO5. The van der Waals surface area contributed by atoms with Crippen molar-refractivity contribution < 1.29 is 24.9 Å². The van der Waals surface area contributed by atoms with Crippen molar-refractivity contribution in [2.45, 2.75) is 12.8 Å². The van der Waals surface area contributed by atoms with Gasteiger partial charge in [0.25, 0.3) is 5.91 Å². The molecule has 0 heterocycles. The Balaban J connectivity index is 1.91. The van der Waals surface area contributed by atoms with Gasteiger partial charge < -0.3 is 20.6 Å². The van der Waals surface area contributed by atoms with Crippen molar-refractivity contribution in [3.63, 3.8) is 0 Å². The van der Waals surface area contributed by atoms with Gasteiger partial charge in [-0.15, -0.1) is 0 Å². The first-order valence-electron chi connectivity index (χ1n) is 8.50. The van der Waals surface area contributed by atoms with Gasteiger partial charge in [0.15, 0.2) is 0 Å². The molecule has 3 aromatic carbocycles. The number of amides is 1. The molecule has 0 aliphatic heterocycles. The minimum atomic E-state index is -1.02. The second-order valence-corrected chi connectivity index (χ2v) is 6.18. The standard InChI is InChI=1S/C21H19NO5/c23-10-2-3-13-6-9-19(24)17(11-13)20(25)22-18-5-1-4-14-12-15(21(26)27)7-8-16(14)18/h1,4-9,11-12,23-24H,2-3,10H2,(H,22,25)(H,26,27). The molecule has 0 fully saturated rings. The molecular weight excluding hydrogens is 346 g/mol. The fraction of sp³-hybridized carbons (Fsp3) is 0.143. The molecule has 0 atom stereocenters. The van der Waals surface area contributed by atoms with Crippen LogP contribution in [0, 0.1) is 0 Å². The van der Waals surface area contributed by atoms with Crippen LogP contribution in [0.3, 0.4) is 0 Å². The highest BCUT2D eigenvalue weighted by molar-refractivity contribution is 6.11. The Kier molecular flexibility index (Phi) is 5.38. The van der Waals surface area contributed by atoms with Crippen molar-refractivity contribution in [1.82, 2.24) is 0 Å². The van der Waals surface area contributed by atoms with Gasteiger partial charge in [0.05, 0.1) is 11.1 Å². The molecule has 6 nitrogen and oxygen atoms in total. The van der Waals surface area contributed by atoms with Crippen LogP contribution in [0.5, 0.6) is 5.75 Å². The van der Waals surface area contributed by atoms with Gasteiger partial charge in [-0.05, 0) is 54.1 Å². The summed E-state index contributed by atoms with van der Waals surface area (Å²) < 4.78 is 0. The second-order valence-electron chi connectivity index (χ2n) is 6.18. The first-order chi connectivity index (χ1) is 13.0. The molecule has 27 heavy (non-hydrogen) atoms. The number of carbonyl (C=O) groups is 2.